The maximum atomic E-state index is 4.48. The lowest BCUT2D eigenvalue weighted by molar-refractivity contribution is 1.25. The van der Waals surface area contributed by atoms with Crippen LogP contribution in [0.25, 0.3) is 15.6 Å². The first-order chi connectivity index (χ1) is 6.45. The molecule has 0 unspecified atom stereocenters. The van der Waals surface area contributed by atoms with Crippen molar-refractivity contribution in [2.75, 3.05) is 5.88 Å². The second-order valence-corrected chi connectivity index (χ2v) is 4.60. The van der Waals surface area contributed by atoms with Crippen LogP contribution in [0.2, 0.25) is 0 Å². The van der Waals surface area contributed by atoms with Crippen LogP contribution in [0.15, 0.2) is 23.3 Å². The molecule has 0 aromatic carbocycles. The summed E-state index contributed by atoms with van der Waals surface area (Å²) in [6.45, 7) is 0. The quantitative estimate of drug-likeness (QED) is 0.650. The predicted molar refractivity (Wildman–Crippen MR) is 57.3 cm³/mol. The highest BCUT2D eigenvalue weighted by molar-refractivity contribution is 8.06. The van der Waals surface area contributed by atoms with Gasteiger partial charge in [0.2, 0.25) is 0 Å². The van der Waals surface area contributed by atoms with Crippen molar-refractivity contribution in [3.63, 3.8) is 0 Å². The summed E-state index contributed by atoms with van der Waals surface area (Å²) >= 11 is 3.46. The fraction of sp³-hybridized carbons (Fsp3) is 0.111. The summed E-state index contributed by atoms with van der Waals surface area (Å²) in [5.74, 6) is 0.841. The second kappa shape index (κ2) is 2.82. The Morgan fingerprint density at radius 1 is 1.38 bits per heavy atom. The van der Waals surface area contributed by atoms with Crippen LogP contribution in [0.1, 0.15) is 0 Å². The maximum Gasteiger partial charge on any atom is 0.126 e. The summed E-state index contributed by atoms with van der Waals surface area (Å²) in [7, 11) is 0. The Morgan fingerprint density at radius 2 is 2.38 bits per heavy atom. The summed E-state index contributed by atoms with van der Waals surface area (Å²) in [5, 5.41) is 4.50. The highest BCUT2D eigenvalue weighted by Crippen LogP contribution is 2.12. The van der Waals surface area contributed by atoms with Crippen LogP contribution in [0.4, 0.5) is 0 Å². The molecule has 1 aliphatic rings. The van der Waals surface area contributed by atoms with Gasteiger partial charge in [-0.15, -0.1) is 23.1 Å². The van der Waals surface area contributed by atoms with Crippen LogP contribution >= 0.6 is 23.1 Å². The number of rotatable bonds is 0. The molecule has 3 heterocycles. The van der Waals surface area contributed by atoms with E-state index >= 15 is 0 Å². The molecule has 2 nitrogen and oxygen atoms in total. The minimum absolute atomic E-state index is 0.841. The zero-order valence-corrected chi connectivity index (χ0v) is 8.36. The molecule has 0 N–H and O–H groups in total. The molecule has 2 aromatic heterocycles. The molecule has 0 atom stereocenters. The van der Waals surface area contributed by atoms with E-state index in [-0.39, 0.29) is 0 Å². The Labute approximate surface area is 83.0 Å². The van der Waals surface area contributed by atoms with Gasteiger partial charge in [0.25, 0.3) is 0 Å². The smallest absolute Gasteiger partial charge is 0.126 e. The Morgan fingerprint density at radius 3 is 3.38 bits per heavy atom. The van der Waals surface area contributed by atoms with Gasteiger partial charge in [-0.05, 0) is 17.5 Å². The average molecular weight is 206 g/mol. The monoisotopic (exact) mass is 206 g/mol. The van der Waals surface area contributed by atoms with Gasteiger partial charge in [0.1, 0.15) is 4.83 Å². The standard InChI is InChI=1S/C9H6N2S2/c1-2-6-8-7(4-12-5-11-8)13-9(6)10-3-1/h1-4H,5H2. The molecular formula is C9H6N2S2. The lowest BCUT2D eigenvalue weighted by Crippen LogP contribution is -2.21. The molecule has 0 aliphatic carbocycles. The van der Waals surface area contributed by atoms with Gasteiger partial charge in [0, 0.05) is 11.6 Å². The van der Waals surface area contributed by atoms with Crippen LogP contribution in [0, 0.1) is 0 Å². The van der Waals surface area contributed by atoms with Gasteiger partial charge >= 0.3 is 0 Å². The normalized spacial score (nSPS) is 14.8. The van der Waals surface area contributed by atoms with E-state index in [1.54, 1.807) is 23.1 Å². The molecule has 0 fully saturated rings. The van der Waals surface area contributed by atoms with E-state index in [9.17, 15) is 0 Å². The van der Waals surface area contributed by atoms with Gasteiger partial charge in [-0.2, -0.15) is 0 Å². The first-order valence-corrected chi connectivity index (χ1v) is 5.81. The third kappa shape index (κ3) is 1.09. The molecule has 4 heteroatoms. The largest absolute Gasteiger partial charge is 0.272 e. The van der Waals surface area contributed by atoms with Crippen molar-refractivity contribution in [1.82, 2.24) is 4.98 Å². The SMILES string of the molecule is C1=c2sc3ncccc3c2=NCS1. The number of thioether (sulfide) groups is 1. The fourth-order valence-corrected chi connectivity index (χ4v) is 3.20. The summed E-state index contributed by atoms with van der Waals surface area (Å²) in [6.07, 6.45) is 1.83. The highest BCUT2D eigenvalue weighted by atomic mass is 32.2. The topological polar surface area (TPSA) is 25.2 Å². The maximum absolute atomic E-state index is 4.48. The molecule has 0 radical (unpaired) electrons. The molecule has 64 valence electrons. The van der Waals surface area contributed by atoms with Crippen LogP contribution in [-0.4, -0.2) is 10.9 Å². The Bertz CT molecular complexity index is 571. The zero-order valence-electron chi connectivity index (χ0n) is 6.73. The molecule has 0 saturated carbocycles. The van der Waals surface area contributed by atoms with Gasteiger partial charge in [-0.1, -0.05) is 0 Å². The molecule has 13 heavy (non-hydrogen) atoms. The third-order valence-corrected chi connectivity index (χ3v) is 3.83. The molecule has 0 amide bonds. The first-order valence-electron chi connectivity index (χ1n) is 3.95. The third-order valence-electron chi connectivity index (χ3n) is 1.95. The number of thiophene rings is 1. The molecule has 0 bridgehead atoms. The van der Waals surface area contributed by atoms with E-state index in [1.165, 1.54) is 9.92 Å². The first kappa shape index (κ1) is 7.53. The van der Waals surface area contributed by atoms with E-state index in [2.05, 4.69) is 21.5 Å². The lowest BCUT2D eigenvalue weighted by atomic mass is 10.3. The number of hydrogen-bond acceptors (Lipinski definition) is 4. The van der Waals surface area contributed by atoms with Crippen LogP contribution in [-0.2, 0) is 0 Å². The van der Waals surface area contributed by atoms with Crippen molar-refractivity contribution in [3.8, 4) is 0 Å². The minimum Gasteiger partial charge on any atom is -0.272 e. The summed E-state index contributed by atoms with van der Waals surface area (Å²) in [5.41, 5.74) is 0. The molecule has 0 spiro atoms. The lowest BCUT2D eigenvalue weighted by Gasteiger charge is -1.92. The van der Waals surface area contributed by atoms with Crippen molar-refractivity contribution in [1.29, 1.82) is 0 Å². The molecule has 0 saturated heterocycles. The number of fused-ring (bicyclic) bond motifs is 3. The van der Waals surface area contributed by atoms with Gasteiger partial charge in [0.15, 0.2) is 0 Å². The number of hydrogen-bond donors (Lipinski definition) is 0. The van der Waals surface area contributed by atoms with Gasteiger partial charge in [0.05, 0.1) is 15.8 Å². The molecule has 1 aliphatic heterocycles. The Kier molecular flexibility index (Phi) is 1.63. The van der Waals surface area contributed by atoms with E-state index in [0.717, 1.165) is 16.1 Å². The van der Waals surface area contributed by atoms with Crippen molar-refractivity contribution in [3.05, 3.63) is 28.2 Å². The van der Waals surface area contributed by atoms with Crippen LogP contribution < -0.4 is 9.89 Å². The van der Waals surface area contributed by atoms with Crippen molar-refractivity contribution in [2.24, 2.45) is 4.99 Å². The zero-order chi connectivity index (χ0) is 8.67. The molecular weight excluding hydrogens is 200 g/mol. The number of nitrogens with zero attached hydrogens (tertiary/aromatic N) is 2. The molecule has 3 rings (SSSR count). The van der Waals surface area contributed by atoms with E-state index in [0.29, 0.717) is 0 Å². The van der Waals surface area contributed by atoms with Crippen molar-refractivity contribution >= 4 is 38.7 Å². The van der Waals surface area contributed by atoms with E-state index in [1.807, 2.05) is 12.3 Å². The predicted octanol–water partition coefficient (Wildman–Crippen LogP) is 1.36. The minimum atomic E-state index is 0.841. The van der Waals surface area contributed by atoms with Gasteiger partial charge in [-0.3, -0.25) is 4.99 Å². The van der Waals surface area contributed by atoms with E-state index < -0.39 is 0 Å². The van der Waals surface area contributed by atoms with Crippen molar-refractivity contribution in [2.45, 2.75) is 0 Å². The second-order valence-electron chi connectivity index (χ2n) is 2.74. The highest BCUT2D eigenvalue weighted by Gasteiger charge is 2.04. The average Bonchev–Trinajstić information content (AvgIpc) is 2.56. The van der Waals surface area contributed by atoms with Crippen molar-refractivity contribution < 1.29 is 0 Å². The summed E-state index contributed by atoms with van der Waals surface area (Å²) < 4.78 is 1.25. The number of pyridine rings is 1. The fourth-order valence-electron chi connectivity index (χ4n) is 1.40. The number of aromatic nitrogens is 1. The summed E-state index contributed by atoms with van der Waals surface area (Å²) in [6, 6.07) is 4.05. The van der Waals surface area contributed by atoms with E-state index in [4.69, 9.17) is 0 Å². The van der Waals surface area contributed by atoms with Gasteiger partial charge < -0.3 is 0 Å². The molecule has 2 aromatic rings. The van der Waals surface area contributed by atoms with Crippen LogP contribution in [0.3, 0.4) is 0 Å². The van der Waals surface area contributed by atoms with Gasteiger partial charge in [-0.25, -0.2) is 4.98 Å². The van der Waals surface area contributed by atoms with Crippen LogP contribution in [0.5, 0.6) is 0 Å². The Balaban J connectivity index is 2.63. The summed E-state index contributed by atoms with van der Waals surface area (Å²) in [4.78, 5) is 9.89. The Hall–Kier alpha value is -0.870.